The lowest BCUT2D eigenvalue weighted by Crippen LogP contribution is -2.41. The molecule has 1 aromatic rings. The van der Waals surface area contributed by atoms with Crippen LogP contribution >= 0.6 is 0 Å². The molecule has 1 unspecified atom stereocenters. The zero-order chi connectivity index (χ0) is 14.8. The highest BCUT2D eigenvalue weighted by molar-refractivity contribution is 5.77. The molecule has 20 heavy (non-hydrogen) atoms. The minimum atomic E-state index is -1.25. The van der Waals surface area contributed by atoms with Crippen LogP contribution < -0.4 is 5.32 Å². The van der Waals surface area contributed by atoms with Gasteiger partial charge in [0, 0.05) is 0 Å². The second kappa shape index (κ2) is 5.58. The van der Waals surface area contributed by atoms with Gasteiger partial charge in [-0.05, 0) is 38.8 Å². The number of hydrogen-bond donors (Lipinski definition) is 3. The molecule has 0 saturated heterocycles. The van der Waals surface area contributed by atoms with E-state index in [0.717, 1.165) is 12.8 Å². The second-order valence-electron chi connectivity index (χ2n) is 6.07. The van der Waals surface area contributed by atoms with Gasteiger partial charge in [0.05, 0.1) is 18.6 Å². The Balaban J connectivity index is 1.86. The monoisotopic (exact) mass is 281 g/mol. The summed E-state index contributed by atoms with van der Waals surface area (Å²) in [5.41, 5.74) is -2.11. The quantitative estimate of drug-likeness (QED) is 0.765. The average Bonchev–Trinajstić information content (AvgIpc) is 2.96. The summed E-state index contributed by atoms with van der Waals surface area (Å²) in [6.07, 6.45) is 3.38. The molecule has 1 heterocycles. The van der Waals surface area contributed by atoms with E-state index in [0.29, 0.717) is 24.4 Å². The molecule has 1 aliphatic rings. The van der Waals surface area contributed by atoms with Crippen LogP contribution in [0.4, 0.5) is 0 Å². The average molecular weight is 281 g/mol. The standard InChI is InChI=1S/C15H23NO4/c1-11-5-6-12(20-11)14(2,18)10-16-13(17)9-15(19)7-3-4-8-15/h5-6,18-19H,3-4,7-10H2,1-2H3,(H,16,17). The molecular weight excluding hydrogens is 258 g/mol. The van der Waals surface area contributed by atoms with Crippen molar-refractivity contribution in [3.63, 3.8) is 0 Å². The molecule has 1 amide bonds. The van der Waals surface area contributed by atoms with Gasteiger partial charge in [-0.15, -0.1) is 0 Å². The first-order chi connectivity index (χ1) is 9.31. The molecule has 5 heteroatoms. The Bertz CT molecular complexity index is 472. The van der Waals surface area contributed by atoms with E-state index in [1.165, 1.54) is 0 Å². The fraction of sp³-hybridized carbons (Fsp3) is 0.667. The fourth-order valence-electron chi connectivity index (χ4n) is 2.65. The number of nitrogens with one attached hydrogen (secondary N) is 1. The maximum Gasteiger partial charge on any atom is 0.223 e. The summed E-state index contributed by atoms with van der Waals surface area (Å²) >= 11 is 0. The third-order valence-electron chi connectivity index (χ3n) is 3.92. The van der Waals surface area contributed by atoms with Gasteiger partial charge in [-0.2, -0.15) is 0 Å². The highest BCUT2D eigenvalue weighted by atomic mass is 16.4. The van der Waals surface area contributed by atoms with Crippen molar-refractivity contribution in [3.8, 4) is 0 Å². The smallest absolute Gasteiger partial charge is 0.223 e. The molecule has 0 aromatic carbocycles. The maximum absolute atomic E-state index is 11.9. The van der Waals surface area contributed by atoms with Crippen LogP contribution in [0.2, 0.25) is 0 Å². The molecule has 0 radical (unpaired) electrons. The second-order valence-corrected chi connectivity index (χ2v) is 6.07. The molecule has 1 atom stereocenters. The van der Waals surface area contributed by atoms with Crippen molar-refractivity contribution in [2.75, 3.05) is 6.54 Å². The predicted octanol–water partition coefficient (Wildman–Crippen LogP) is 1.61. The summed E-state index contributed by atoms with van der Waals surface area (Å²) in [6.45, 7) is 3.46. The van der Waals surface area contributed by atoms with Gasteiger partial charge in [0.2, 0.25) is 5.91 Å². The normalized spacial score (nSPS) is 20.6. The highest BCUT2D eigenvalue weighted by Gasteiger charge is 2.34. The van der Waals surface area contributed by atoms with Crippen LogP contribution in [0.1, 0.15) is 50.5 Å². The molecule has 0 bridgehead atoms. The number of carbonyl (C=O) groups is 1. The number of amides is 1. The lowest BCUT2D eigenvalue weighted by atomic mass is 9.97. The lowest BCUT2D eigenvalue weighted by Gasteiger charge is -2.24. The van der Waals surface area contributed by atoms with Crippen molar-refractivity contribution < 1.29 is 19.4 Å². The zero-order valence-corrected chi connectivity index (χ0v) is 12.1. The van der Waals surface area contributed by atoms with Gasteiger partial charge < -0.3 is 19.9 Å². The van der Waals surface area contributed by atoms with Gasteiger partial charge in [0.1, 0.15) is 17.1 Å². The highest BCUT2D eigenvalue weighted by Crippen LogP contribution is 2.32. The van der Waals surface area contributed by atoms with Gasteiger partial charge in [0.25, 0.3) is 0 Å². The molecule has 1 aliphatic carbocycles. The Morgan fingerprint density at radius 1 is 1.45 bits per heavy atom. The van der Waals surface area contributed by atoms with Crippen molar-refractivity contribution in [2.45, 2.75) is 57.2 Å². The van der Waals surface area contributed by atoms with Crippen LogP contribution in [-0.4, -0.2) is 28.3 Å². The summed E-state index contributed by atoms with van der Waals surface area (Å²) in [5.74, 6) is 0.902. The molecule has 1 saturated carbocycles. The fourth-order valence-corrected chi connectivity index (χ4v) is 2.65. The third kappa shape index (κ3) is 3.61. The van der Waals surface area contributed by atoms with Crippen molar-refractivity contribution in [1.29, 1.82) is 0 Å². The largest absolute Gasteiger partial charge is 0.463 e. The minimum absolute atomic E-state index is 0.0644. The zero-order valence-electron chi connectivity index (χ0n) is 12.1. The molecule has 2 rings (SSSR count). The summed E-state index contributed by atoms with van der Waals surface area (Å²) in [4.78, 5) is 11.9. The summed E-state index contributed by atoms with van der Waals surface area (Å²) in [5, 5.41) is 23.1. The Labute approximate surface area is 119 Å². The molecule has 3 N–H and O–H groups in total. The number of aryl methyl sites for hydroxylation is 1. The van der Waals surface area contributed by atoms with Crippen molar-refractivity contribution in [3.05, 3.63) is 23.7 Å². The molecule has 0 aliphatic heterocycles. The van der Waals surface area contributed by atoms with Gasteiger partial charge in [-0.3, -0.25) is 4.79 Å². The lowest BCUT2D eigenvalue weighted by molar-refractivity contribution is -0.127. The summed E-state index contributed by atoms with van der Waals surface area (Å²) in [6, 6.07) is 3.47. The number of hydrogen-bond acceptors (Lipinski definition) is 4. The molecule has 0 spiro atoms. The van der Waals surface area contributed by atoms with E-state index in [2.05, 4.69) is 5.32 Å². The third-order valence-corrected chi connectivity index (χ3v) is 3.92. The number of furan rings is 1. The van der Waals surface area contributed by atoms with Crippen LogP contribution in [0.15, 0.2) is 16.5 Å². The predicted molar refractivity (Wildman–Crippen MR) is 74.1 cm³/mol. The first-order valence-corrected chi connectivity index (χ1v) is 7.09. The van der Waals surface area contributed by atoms with E-state index >= 15 is 0 Å². The van der Waals surface area contributed by atoms with Gasteiger partial charge in [-0.1, -0.05) is 12.8 Å². The topological polar surface area (TPSA) is 82.7 Å². The molecule has 1 fully saturated rings. The van der Waals surface area contributed by atoms with Crippen LogP contribution in [0.3, 0.4) is 0 Å². The number of rotatable bonds is 5. The Morgan fingerprint density at radius 2 is 2.10 bits per heavy atom. The van der Waals surface area contributed by atoms with E-state index < -0.39 is 11.2 Å². The van der Waals surface area contributed by atoms with Crippen LogP contribution in [0.25, 0.3) is 0 Å². The Kier molecular flexibility index (Phi) is 4.20. The van der Waals surface area contributed by atoms with E-state index in [1.54, 1.807) is 26.0 Å². The van der Waals surface area contributed by atoms with Gasteiger partial charge >= 0.3 is 0 Å². The van der Waals surface area contributed by atoms with E-state index in [4.69, 9.17) is 4.42 Å². The first-order valence-electron chi connectivity index (χ1n) is 7.09. The van der Waals surface area contributed by atoms with E-state index in [1.807, 2.05) is 0 Å². The van der Waals surface area contributed by atoms with Crippen molar-refractivity contribution in [1.82, 2.24) is 5.32 Å². The molecular formula is C15H23NO4. The van der Waals surface area contributed by atoms with Crippen molar-refractivity contribution >= 4 is 5.91 Å². The molecule has 5 nitrogen and oxygen atoms in total. The van der Waals surface area contributed by atoms with Crippen LogP contribution in [0.5, 0.6) is 0 Å². The minimum Gasteiger partial charge on any atom is -0.463 e. The van der Waals surface area contributed by atoms with Gasteiger partial charge in [0.15, 0.2) is 0 Å². The van der Waals surface area contributed by atoms with E-state index in [9.17, 15) is 15.0 Å². The summed E-state index contributed by atoms with van der Waals surface area (Å²) < 4.78 is 5.38. The Hall–Kier alpha value is -1.33. The maximum atomic E-state index is 11.9. The van der Waals surface area contributed by atoms with Crippen molar-refractivity contribution in [2.24, 2.45) is 0 Å². The van der Waals surface area contributed by atoms with Crippen LogP contribution in [-0.2, 0) is 10.4 Å². The first kappa shape index (κ1) is 15.1. The van der Waals surface area contributed by atoms with E-state index in [-0.39, 0.29) is 18.9 Å². The Morgan fingerprint density at radius 3 is 2.65 bits per heavy atom. The molecule has 112 valence electrons. The van der Waals surface area contributed by atoms with Crippen LogP contribution in [0, 0.1) is 6.92 Å². The number of aliphatic hydroxyl groups is 2. The SMILES string of the molecule is Cc1ccc(C(C)(O)CNC(=O)CC2(O)CCCC2)o1. The molecule has 1 aromatic heterocycles. The summed E-state index contributed by atoms with van der Waals surface area (Å²) in [7, 11) is 0. The van der Waals surface area contributed by atoms with Gasteiger partial charge in [-0.25, -0.2) is 0 Å². The number of carbonyl (C=O) groups excluding carboxylic acids is 1.